The van der Waals surface area contributed by atoms with Crippen LogP contribution in [-0.2, 0) is 18.4 Å². The van der Waals surface area contributed by atoms with E-state index in [-0.39, 0.29) is 0 Å². The average molecular weight is 281 g/mol. The van der Waals surface area contributed by atoms with E-state index in [0.717, 1.165) is 12.0 Å². The van der Waals surface area contributed by atoms with Crippen molar-refractivity contribution < 1.29 is 15.0 Å². The summed E-state index contributed by atoms with van der Waals surface area (Å²) in [4.78, 5) is 13.6. The summed E-state index contributed by atoms with van der Waals surface area (Å²) in [5.74, 6) is -0.868. The number of aromatic nitrogens is 2. The summed E-state index contributed by atoms with van der Waals surface area (Å²) in [6.45, 7) is 3.76. The van der Waals surface area contributed by atoms with Crippen LogP contribution >= 0.6 is 0 Å². The number of aliphatic hydroxyl groups is 1. The fourth-order valence-corrected chi connectivity index (χ4v) is 3.08. The molecule has 1 fully saturated rings. The van der Waals surface area contributed by atoms with Gasteiger partial charge in [-0.2, -0.15) is 5.10 Å². The Labute approximate surface area is 119 Å². The van der Waals surface area contributed by atoms with Crippen LogP contribution in [0.25, 0.3) is 0 Å². The molecule has 0 unspecified atom stereocenters. The van der Waals surface area contributed by atoms with Crippen molar-refractivity contribution in [3.63, 3.8) is 0 Å². The average Bonchev–Trinajstić information content (AvgIpc) is 2.78. The second kappa shape index (κ2) is 5.93. The van der Waals surface area contributed by atoms with Crippen LogP contribution in [0.1, 0.15) is 31.7 Å². The second-order valence-electron chi connectivity index (χ2n) is 5.73. The Bertz CT molecular complexity index is 474. The first kappa shape index (κ1) is 15.0. The van der Waals surface area contributed by atoms with Gasteiger partial charge in [-0.15, -0.1) is 0 Å². The Morgan fingerprint density at radius 3 is 2.85 bits per heavy atom. The van der Waals surface area contributed by atoms with Gasteiger partial charge in [0, 0.05) is 31.9 Å². The third-order valence-corrected chi connectivity index (χ3v) is 4.23. The number of aliphatic carboxylic acids is 1. The van der Waals surface area contributed by atoms with Crippen molar-refractivity contribution in [3.05, 3.63) is 18.0 Å². The molecular formula is C14H23N3O3. The zero-order valence-corrected chi connectivity index (χ0v) is 12.1. The van der Waals surface area contributed by atoms with Crippen molar-refractivity contribution in [1.82, 2.24) is 14.7 Å². The molecule has 1 aliphatic heterocycles. The van der Waals surface area contributed by atoms with Gasteiger partial charge in [0.05, 0.1) is 17.7 Å². The first-order chi connectivity index (χ1) is 9.48. The van der Waals surface area contributed by atoms with Crippen LogP contribution in [0.15, 0.2) is 12.4 Å². The van der Waals surface area contributed by atoms with Gasteiger partial charge in [-0.25, -0.2) is 0 Å². The van der Waals surface area contributed by atoms with E-state index in [1.54, 1.807) is 10.9 Å². The summed E-state index contributed by atoms with van der Waals surface area (Å²) < 4.78 is 1.74. The fourth-order valence-electron chi connectivity index (χ4n) is 3.08. The molecule has 1 aromatic heterocycles. The van der Waals surface area contributed by atoms with E-state index in [2.05, 4.69) is 10.00 Å². The van der Waals surface area contributed by atoms with Crippen LogP contribution in [0.5, 0.6) is 0 Å². The highest BCUT2D eigenvalue weighted by molar-refractivity contribution is 5.75. The van der Waals surface area contributed by atoms with Crippen LogP contribution in [0.2, 0.25) is 0 Å². The number of carboxylic acids is 1. The molecule has 6 heteroatoms. The molecule has 0 spiro atoms. The zero-order chi connectivity index (χ0) is 14.8. The molecule has 2 N–H and O–H groups in total. The molecule has 0 saturated carbocycles. The van der Waals surface area contributed by atoms with Crippen LogP contribution < -0.4 is 0 Å². The highest BCUT2D eigenvalue weighted by Gasteiger charge is 2.47. The number of carboxylic acid groups (broad SMARTS) is 1. The second-order valence-corrected chi connectivity index (χ2v) is 5.73. The quantitative estimate of drug-likeness (QED) is 0.837. The maximum atomic E-state index is 11.6. The van der Waals surface area contributed by atoms with E-state index >= 15 is 0 Å². The Balaban J connectivity index is 2.02. The molecule has 0 aliphatic carbocycles. The summed E-state index contributed by atoms with van der Waals surface area (Å²) >= 11 is 0. The lowest BCUT2D eigenvalue weighted by atomic mass is 9.73. The Morgan fingerprint density at radius 2 is 2.35 bits per heavy atom. The number of carbonyl (C=O) groups is 1. The predicted octanol–water partition coefficient (Wildman–Crippen LogP) is 0.858. The van der Waals surface area contributed by atoms with Gasteiger partial charge >= 0.3 is 5.97 Å². The highest BCUT2D eigenvalue weighted by atomic mass is 16.4. The molecule has 1 aliphatic rings. The number of aryl methyl sites for hydroxylation is 1. The first-order valence-corrected chi connectivity index (χ1v) is 7.09. The van der Waals surface area contributed by atoms with Crippen LogP contribution in [0, 0.1) is 5.41 Å². The Morgan fingerprint density at radius 1 is 1.60 bits per heavy atom. The monoisotopic (exact) mass is 281 g/mol. The van der Waals surface area contributed by atoms with Gasteiger partial charge in [-0.1, -0.05) is 13.3 Å². The van der Waals surface area contributed by atoms with Gasteiger partial charge in [0.1, 0.15) is 0 Å². The maximum Gasteiger partial charge on any atom is 0.312 e. The van der Waals surface area contributed by atoms with Gasteiger partial charge in [0.25, 0.3) is 0 Å². The van der Waals surface area contributed by atoms with E-state index in [9.17, 15) is 15.0 Å². The lowest BCUT2D eigenvalue weighted by Gasteiger charge is -2.42. The number of piperidine rings is 1. The van der Waals surface area contributed by atoms with E-state index in [4.69, 9.17) is 0 Å². The molecule has 1 saturated heterocycles. The number of nitrogens with zero attached hydrogens (tertiary/aromatic N) is 3. The molecule has 0 bridgehead atoms. The van der Waals surface area contributed by atoms with E-state index in [1.807, 2.05) is 20.2 Å². The lowest BCUT2D eigenvalue weighted by molar-refractivity contribution is -0.164. The van der Waals surface area contributed by atoms with Gasteiger partial charge in [-0.05, 0) is 19.4 Å². The number of β-amino-alcohol motifs (C(OH)–C–C–N with tert-alkyl or cyclic N) is 1. The molecule has 0 aromatic carbocycles. The Hall–Kier alpha value is -1.40. The molecule has 0 amide bonds. The van der Waals surface area contributed by atoms with Crippen LogP contribution in [0.3, 0.4) is 0 Å². The van der Waals surface area contributed by atoms with Gasteiger partial charge in [-0.3, -0.25) is 14.4 Å². The van der Waals surface area contributed by atoms with Crippen LogP contribution in [-0.4, -0.2) is 50.1 Å². The lowest BCUT2D eigenvalue weighted by Crippen LogP contribution is -2.54. The number of hydrogen-bond donors (Lipinski definition) is 2. The number of hydrogen-bond acceptors (Lipinski definition) is 4. The van der Waals surface area contributed by atoms with Crippen molar-refractivity contribution in [1.29, 1.82) is 0 Å². The SMILES string of the molecule is CCC[C@]1(C(=O)O)CCN(Cc2cnn(C)c2)C[C@H]1O. The summed E-state index contributed by atoms with van der Waals surface area (Å²) in [6.07, 6.45) is 4.73. The molecule has 20 heavy (non-hydrogen) atoms. The van der Waals surface area contributed by atoms with Gasteiger partial charge in [0.15, 0.2) is 0 Å². The van der Waals surface area contributed by atoms with Crippen molar-refractivity contribution >= 4 is 5.97 Å². The van der Waals surface area contributed by atoms with Crippen molar-refractivity contribution in [2.45, 2.75) is 38.8 Å². The molecule has 0 radical (unpaired) electrons. The third-order valence-electron chi connectivity index (χ3n) is 4.23. The summed E-state index contributed by atoms with van der Waals surface area (Å²) in [5.41, 5.74) is 0.109. The summed E-state index contributed by atoms with van der Waals surface area (Å²) in [7, 11) is 1.87. The smallest absolute Gasteiger partial charge is 0.312 e. The fraction of sp³-hybridized carbons (Fsp3) is 0.714. The van der Waals surface area contributed by atoms with Gasteiger partial charge < -0.3 is 10.2 Å². The minimum absolute atomic E-state index is 0.404. The first-order valence-electron chi connectivity index (χ1n) is 7.09. The van der Waals surface area contributed by atoms with Crippen molar-refractivity contribution in [2.24, 2.45) is 12.5 Å². The predicted molar refractivity (Wildman–Crippen MR) is 74.1 cm³/mol. The van der Waals surface area contributed by atoms with Crippen molar-refractivity contribution in [3.8, 4) is 0 Å². The molecule has 1 aromatic rings. The molecular weight excluding hydrogens is 258 g/mol. The Kier molecular flexibility index (Phi) is 4.45. The molecule has 2 rings (SSSR count). The van der Waals surface area contributed by atoms with E-state index < -0.39 is 17.5 Å². The maximum absolute atomic E-state index is 11.6. The molecule has 2 atom stereocenters. The minimum Gasteiger partial charge on any atom is -0.481 e. The van der Waals surface area contributed by atoms with Crippen LogP contribution in [0.4, 0.5) is 0 Å². The van der Waals surface area contributed by atoms with Crippen molar-refractivity contribution in [2.75, 3.05) is 13.1 Å². The summed E-state index contributed by atoms with van der Waals surface area (Å²) in [5, 5.41) is 23.9. The normalized spacial score (nSPS) is 27.6. The topological polar surface area (TPSA) is 78.6 Å². The molecule has 2 heterocycles. The van der Waals surface area contributed by atoms with E-state index in [0.29, 0.717) is 32.5 Å². The van der Waals surface area contributed by atoms with Gasteiger partial charge in [0.2, 0.25) is 0 Å². The third kappa shape index (κ3) is 2.86. The molecule has 112 valence electrons. The number of likely N-dealkylation sites (tertiary alicyclic amines) is 1. The molecule has 6 nitrogen and oxygen atoms in total. The number of aliphatic hydroxyl groups excluding tert-OH is 1. The number of rotatable bonds is 5. The standard InChI is InChI=1S/C14H23N3O3/c1-3-4-14(13(19)20)5-6-17(10-12(14)18)9-11-7-15-16(2)8-11/h7-8,12,18H,3-6,9-10H2,1-2H3,(H,19,20)/t12-,14+/m1/s1. The minimum atomic E-state index is -0.972. The zero-order valence-electron chi connectivity index (χ0n) is 12.1. The van der Waals surface area contributed by atoms with E-state index in [1.165, 1.54) is 0 Å². The summed E-state index contributed by atoms with van der Waals surface area (Å²) in [6, 6.07) is 0. The largest absolute Gasteiger partial charge is 0.481 e. The highest BCUT2D eigenvalue weighted by Crippen LogP contribution is 2.37.